The van der Waals surface area contributed by atoms with Crippen molar-refractivity contribution in [2.75, 3.05) is 31.1 Å². The van der Waals surface area contributed by atoms with Gasteiger partial charge in [-0.05, 0) is 25.1 Å². The van der Waals surface area contributed by atoms with Crippen LogP contribution in [0.1, 0.15) is 15.2 Å². The van der Waals surface area contributed by atoms with Crippen LogP contribution in [0.15, 0.2) is 42.7 Å². The van der Waals surface area contributed by atoms with Gasteiger partial charge in [0, 0.05) is 36.6 Å². The summed E-state index contributed by atoms with van der Waals surface area (Å²) in [5, 5.41) is 1.11. The second kappa shape index (κ2) is 6.20. The van der Waals surface area contributed by atoms with Gasteiger partial charge < -0.3 is 9.80 Å². The van der Waals surface area contributed by atoms with Crippen LogP contribution in [0.2, 0.25) is 0 Å². The maximum absolute atomic E-state index is 12.5. The van der Waals surface area contributed by atoms with E-state index in [9.17, 15) is 4.79 Å². The quantitative estimate of drug-likeness (QED) is 0.721. The SMILES string of the molecule is Cc1cc2c(N3CCN(C(=O)c4ccccc4)CC3)ncnc2s1. The summed E-state index contributed by atoms with van der Waals surface area (Å²) in [6.07, 6.45) is 1.63. The molecule has 24 heavy (non-hydrogen) atoms. The Morgan fingerprint density at radius 3 is 2.58 bits per heavy atom. The number of amides is 1. The molecule has 0 saturated carbocycles. The molecular weight excluding hydrogens is 320 g/mol. The van der Waals surface area contributed by atoms with Crippen LogP contribution >= 0.6 is 11.3 Å². The van der Waals surface area contributed by atoms with Crippen LogP contribution in [-0.2, 0) is 0 Å². The van der Waals surface area contributed by atoms with Gasteiger partial charge in [-0.15, -0.1) is 11.3 Å². The predicted molar refractivity (Wildman–Crippen MR) is 96.7 cm³/mol. The van der Waals surface area contributed by atoms with Crippen LogP contribution in [0.3, 0.4) is 0 Å². The van der Waals surface area contributed by atoms with E-state index in [4.69, 9.17) is 0 Å². The summed E-state index contributed by atoms with van der Waals surface area (Å²) in [7, 11) is 0. The van der Waals surface area contributed by atoms with Crippen LogP contribution in [0.4, 0.5) is 5.82 Å². The molecular formula is C18H18N4OS. The van der Waals surface area contributed by atoms with E-state index in [2.05, 4.69) is 27.9 Å². The highest BCUT2D eigenvalue weighted by molar-refractivity contribution is 7.18. The number of aromatic nitrogens is 2. The lowest BCUT2D eigenvalue weighted by Gasteiger charge is -2.35. The molecule has 0 bridgehead atoms. The molecule has 2 aromatic heterocycles. The molecule has 1 fully saturated rings. The molecule has 0 atom stereocenters. The van der Waals surface area contributed by atoms with Crippen LogP contribution in [0, 0.1) is 6.92 Å². The van der Waals surface area contributed by atoms with Crippen molar-refractivity contribution in [2.45, 2.75) is 6.92 Å². The third kappa shape index (κ3) is 2.73. The van der Waals surface area contributed by atoms with Crippen molar-refractivity contribution >= 4 is 33.3 Å². The minimum atomic E-state index is 0.106. The largest absolute Gasteiger partial charge is 0.352 e. The fourth-order valence-corrected chi connectivity index (χ4v) is 3.94. The number of hydrogen-bond donors (Lipinski definition) is 0. The average Bonchev–Trinajstić information content (AvgIpc) is 3.02. The topological polar surface area (TPSA) is 49.3 Å². The zero-order valence-corrected chi connectivity index (χ0v) is 14.3. The van der Waals surface area contributed by atoms with Gasteiger partial charge >= 0.3 is 0 Å². The molecule has 3 aromatic rings. The van der Waals surface area contributed by atoms with Gasteiger partial charge in [0.15, 0.2) is 0 Å². The lowest BCUT2D eigenvalue weighted by molar-refractivity contribution is 0.0746. The summed E-state index contributed by atoms with van der Waals surface area (Å²) < 4.78 is 0. The van der Waals surface area contributed by atoms with Gasteiger partial charge in [0.1, 0.15) is 17.0 Å². The molecule has 5 nitrogen and oxygen atoms in total. The first-order valence-corrected chi connectivity index (χ1v) is 8.84. The fraction of sp³-hybridized carbons (Fsp3) is 0.278. The normalized spacial score (nSPS) is 15.0. The van der Waals surface area contributed by atoms with E-state index in [1.807, 2.05) is 35.2 Å². The van der Waals surface area contributed by atoms with Crippen molar-refractivity contribution in [1.29, 1.82) is 0 Å². The van der Waals surface area contributed by atoms with Crippen molar-refractivity contribution in [1.82, 2.24) is 14.9 Å². The molecule has 1 aliphatic rings. The third-order valence-electron chi connectivity index (χ3n) is 4.32. The number of rotatable bonds is 2. The van der Waals surface area contributed by atoms with E-state index < -0.39 is 0 Å². The highest BCUT2D eigenvalue weighted by atomic mass is 32.1. The second-order valence-electron chi connectivity index (χ2n) is 5.92. The number of hydrogen-bond acceptors (Lipinski definition) is 5. The van der Waals surface area contributed by atoms with Crippen LogP contribution in [0.5, 0.6) is 0 Å². The lowest BCUT2D eigenvalue weighted by Crippen LogP contribution is -2.49. The standard InChI is InChI=1S/C18H18N4OS/c1-13-11-15-16(19-12-20-17(15)24-13)21-7-9-22(10-8-21)18(23)14-5-3-2-4-6-14/h2-6,11-12H,7-10H2,1H3. The monoisotopic (exact) mass is 338 g/mol. The smallest absolute Gasteiger partial charge is 0.253 e. The summed E-state index contributed by atoms with van der Waals surface area (Å²) in [5.74, 6) is 1.09. The van der Waals surface area contributed by atoms with Gasteiger partial charge in [-0.2, -0.15) is 0 Å². The molecule has 0 N–H and O–H groups in total. The van der Waals surface area contributed by atoms with E-state index in [0.717, 1.165) is 34.7 Å². The number of thiophene rings is 1. The Kier molecular flexibility index (Phi) is 3.90. The maximum atomic E-state index is 12.5. The molecule has 0 aliphatic carbocycles. The van der Waals surface area contributed by atoms with E-state index in [-0.39, 0.29) is 5.91 Å². The Morgan fingerprint density at radius 2 is 1.83 bits per heavy atom. The van der Waals surface area contributed by atoms with Crippen molar-refractivity contribution in [3.8, 4) is 0 Å². The minimum absolute atomic E-state index is 0.106. The number of piperazine rings is 1. The molecule has 0 radical (unpaired) electrons. The summed E-state index contributed by atoms with van der Waals surface area (Å²) >= 11 is 1.69. The van der Waals surface area contributed by atoms with Crippen LogP contribution in [-0.4, -0.2) is 47.0 Å². The van der Waals surface area contributed by atoms with Crippen LogP contribution < -0.4 is 4.90 Å². The molecule has 1 aliphatic heterocycles. The molecule has 6 heteroatoms. The van der Waals surface area contributed by atoms with Gasteiger partial charge in [0.25, 0.3) is 5.91 Å². The summed E-state index contributed by atoms with van der Waals surface area (Å²) in [5.41, 5.74) is 0.754. The van der Waals surface area contributed by atoms with Gasteiger partial charge in [0.2, 0.25) is 0 Å². The first-order chi connectivity index (χ1) is 11.7. The maximum Gasteiger partial charge on any atom is 0.253 e. The third-order valence-corrected chi connectivity index (χ3v) is 5.28. The number of carbonyl (C=O) groups excluding carboxylic acids is 1. The first kappa shape index (κ1) is 15.1. The van der Waals surface area contributed by atoms with Crippen LogP contribution in [0.25, 0.3) is 10.2 Å². The molecule has 0 spiro atoms. The van der Waals surface area contributed by atoms with Crippen molar-refractivity contribution in [3.63, 3.8) is 0 Å². The average molecular weight is 338 g/mol. The molecule has 3 heterocycles. The Hall–Kier alpha value is -2.47. The number of aryl methyl sites for hydroxylation is 1. The Bertz CT molecular complexity index is 869. The van der Waals surface area contributed by atoms with Crippen molar-refractivity contribution in [2.24, 2.45) is 0 Å². The summed E-state index contributed by atoms with van der Waals surface area (Å²) in [4.78, 5) is 27.8. The molecule has 1 amide bonds. The van der Waals surface area contributed by atoms with E-state index >= 15 is 0 Å². The van der Waals surface area contributed by atoms with E-state index in [1.165, 1.54) is 4.88 Å². The lowest BCUT2D eigenvalue weighted by atomic mass is 10.2. The Balaban J connectivity index is 1.51. The van der Waals surface area contributed by atoms with Gasteiger partial charge in [-0.3, -0.25) is 4.79 Å². The fourth-order valence-electron chi connectivity index (χ4n) is 3.10. The number of anilines is 1. The number of nitrogens with zero attached hydrogens (tertiary/aromatic N) is 4. The zero-order valence-electron chi connectivity index (χ0n) is 13.5. The highest BCUT2D eigenvalue weighted by Crippen LogP contribution is 2.30. The first-order valence-electron chi connectivity index (χ1n) is 8.03. The predicted octanol–water partition coefficient (Wildman–Crippen LogP) is 2.96. The van der Waals surface area contributed by atoms with Crippen molar-refractivity contribution in [3.05, 3.63) is 53.2 Å². The minimum Gasteiger partial charge on any atom is -0.352 e. The zero-order chi connectivity index (χ0) is 16.5. The number of benzene rings is 1. The van der Waals surface area contributed by atoms with E-state index in [1.54, 1.807) is 17.7 Å². The van der Waals surface area contributed by atoms with Gasteiger partial charge in [0.05, 0.1) is 5.39 Å². The number of carbonyl (C=O) groups is 1. The van der Waals surface area contributed by atoms with Gasteiger partial charge in [-0.25, -0.2) is 9.97 Å². The second-order valence-corrected chi connectivity index (χ2v) is 7.15. The molecule has 1 aromatic carbocycles. The highest BCUT2D eigenvalue weighted by Gasteiger charge is 2.24. The molecule has 0 unspecified atom stereocenters. The number of fused-ring (bicyclic) bond motifs is 1. The molecule has 122 valence electrons. The summed E-state index contributed by atoms with van der Waals surface area (Å²) in [6, 6.07) is 11.6. The molecule has 1 saturated heterocycles. The van der Waals surface area contributed by atoms with Crippen molar-refractivity contribution < 1.29 is 4.79 Å². The van der Waals surface area contributed by atoms with E-state index in [0.29, 0.717) is 13.1 Å². The molecule has 4 rings (SSSR count). The Morgan fingerprint density at radius 1 is 1.08 bits per heavy atom. The van der Waals surface area contributed by atoms with Gasteiger partial charge in [-0.1, -0.05) is 18.2 Å². The Labute approximate surface area is 144 Å². The summed E-state index contributed by atoms with van der Waals surface area (Å²) in [6.45, 7) is 5.09.